The number of nitrogens with zero attached hydrogens (tertiary/aromatic N) is 5. The first kappa shape index (κ1) is 19.9. The van der Waals surface area contributed by atoms with Crippen molar-refractivity contribution >= 4 is 17.2 Å². The average molecular weight is 422 g/mol. The summed E-state index contributed by atoms with van der Waals surface area (Å²) in [5, 5.41) is 6.77. The van der Waals surface area contributed by atoms with Crippen LogP contribution in [0, 0.1) is 5.82 Å². The van der Waals surface area contributed by atoms with Crippen molar-refractivity contribution in [3.8, 4) is 16.3 Å². The van der Waals surface area contributed by atoms with Gasteiger partial charge in [0.05, 0.1) is 23.8 Å². The van der Waals surface area contributed by atoms with Gasteiger partial charge in [0.1, 0.15) is 23.5 Å². The maximum atomic E-state index is 13.1. The molecule has 1 atom stereocenters. The minimum Gasteiger partial charge on any atom is -0.339 e. The number of aromatic nitrogens is 4. The lowest BCUT2D eigenvalue weighted by Crippen LogP contribution is -2.31. The third-order valence-electron chi connectivity index (χ3n) is 5.01. The average Bonchev–Trinajstić information content (AvgIpc) is 3.46. The van der Waals surface area contributed by atoms with Crippen LogP contribution < -0.4 is 0 Å². The van der Waals surface area contributed by atoms with Gasteiger partial charge in [-0.25, -0.2) is 19.0 Å². The number of carbonyl (C=O) groups is 1. The van der Waals surface area contributed by atoms with Crippen LogP contribution in [0.4, 0.5) is 4.39 Å². The van der Waals surface area contributed by atoms with Crippen molar-refractivity contribution in [1.82, 2.24) is 24.6 Å². The maximum absolute atomic E-state index is 13.1. The first-order chi connectivity index (χ1) is 14.5. The van der Waals surface area contributed by atoms with Crippen LogP contribution in [-0.2, 0) is 11.2 Å². The van der Waals surface area contributed by atoms with Crippen LogP contribution in [0.15, 0.2) is 66.6 Å². The summed E-state index contributed by atoms with van der Waals surface area (Å²) < 4.78 is 14.8. The Balaban J connectivity index is 1.41. The first-order valence-corrected chi connectivity index (χ1v) is 10.3. The Bertz CT molecular complexity index is 1120. The Labute approximate surface area is 177 Å². The number of likely N-dealkylation sites (N-methyl/N-ethyl adjacent to an activating group) is 1. The Hall–Kier alpha value is -3.39. The molecule has 0 spiro atoms. The highest BCUT2D eigenvalue weighted by Gasteiger charge is 2.19. The van der Waals surface area contributed by atoms with E-state index < -0.39 is 0 Å². The molecule has 4 rings (SSSR count). The van der Waals surface area contributed by atoms with Gasteiger partial charge in [0.2, 0.25) is 5.91 Å². The summed E-state index contributed by atoms with van der Waals surface area (Å²) in [5.41, 5.74) is 3.49. The van der Waals surface area contributed by atoms with E-state index in [1.54, 1.807) is 35.1 Å². The second-order valence-electron chi connectivity index (χ2n) is 6.94. The molecule has 0 saturated carbocycles. The lowest BCUT2D eigenvalue weighted by Gasteiger charge is -2.25. The summed E-state index contributed by atoms with van der Waals surface area (Å²) in [6.45, 7) is 1.99. The first-order valence-electron chi connectivity index (χ1n) is 9.42. The molecule has 0 bridgehead atoms. The molecule has 2 heterocycles. The predicted molar refractivity (Wildman–Crippen MR) is 114 cm³/mol. The zero-order chi connectivity index (χ0) is 21.1. The fraction of sp³-hybridized carbons (Fsp3) is 0.182. The fourth-order valence-electron chi connectivity index (χ4n) is 3.08. The lowest BCUT2D eigenvalue weighted by atomic mass is 10.1. The molecular weight excluding hydrogens is 401 g/mol. The highest BCUT2D eigenvalue weighted by Crippen LogP contribution is 2.25. The minimum absolute atomic E-state index is 0.0150. The van der Waals surface area contributed by atoms with Gasteiger partial charge in [-0.3, -0.25) is 4.79 Å². The molecule has 0 N–H and O–H groups in total. The van der Waals surface area contributed by atoms with E-state index in [4.69, 9.17) is 0 Å². The van der Waals surface area contributed by atoms with E-state index in [1.165, 1.54) is 29.8 Å². The Morgan fingerprint density at radius 3 is 2.57 bits per heavy atom. The molecule has 0 saturated heterocycles. The number of hydrogen-bond acceptors (Lipinski definition) is 5. The van der Waals surface area contributed by atoms with Gasteiger partial charge in [0.25, 0.3) is 0 Å². The van der Waals surface area contributed by atoms with Crippen LogP contribution in [0.5, 0.6) is 0 Å². The third-order valence-corrected chi connectivity index (χ3v) is 5.95. The summed E-state index contributed by atoms with van der Waals surface area (Å²) in [6, 6.07) is 14.0. The number of rotatable bonds is 6. The zero-order valence-corrected chi connectivity index (χ0v) is 17.4. The number of carbonyl (C=O) groups excluding carboxylic acids is 1. The van der Waals surface area contributed by atoms with Gasteiger partial charge in [0, 0.05) is 18.0 Å². The third kappa shape index (κ3) is 4.28. The summed E-state index contributed by atoms with van der Waals surface area (Å²) in [5.74, 6) is -0.297. The SMILES string of the molecule is C[C@@H](c1ccc(-n2cncn2)cc1)N(C)C(=O)Cc1csc(-c2ccc(F)cc2)n1. The number of halogens is 1. The highest BCUT2D eigenvalue weighted by atomic mass is 32.1. The molecule has 0 aliphatic rings. The minimum atomic E-state index is -0.282. The molecule has 0 aliphatic carbocycles. The van der Waals surface area contributed by atoms with Gasteiger partial charge < -0.3 is 4.90 Å². The highest BCUT2D eigenvalue weighted by molar-refractivity contribution is 7.13. The summed E-state index contributed by atoms with van der Waals surface area (Å²) >= 11 is 1.45. The quantitative estimate of drug-likeness (QED) is 0.466. The molecule has 6 nitrogen and oxygen atoms in total. The van der Waals surface area contributed by atoms with E-state index >= 15 is 0 Å². The predicted octanol–water partition coefficient (Wildman–Crippen LogP) is 4.29. The van der Waals surface area contributed by atoms with Crippen molar-refractivity contribution in [2.24, 2.45) is 0 Å². The molecule has 1 amide bonds. The Morgan fingerprint density at radius 2 is 1.90 bits per heavy atom. The van der Waals surface area contributed by atoms with Crippen molar-refractivity contribution in [2.45, 2.75) is 19.4 Å². The van der Waals surface area contributed by atoms with E-state index in [-0.39, 0.29) is 24.2 Å². The fourth-order valence-corrected chi connectivity index (χ4v) is 3.91. The standard InChI is InChI=1S/C22H20FN5OS/c1-15(16-5-9-20(10-6-16)28-14-24-13-25-28)27(2)21(29)11-19-12-30-22(26-19)17-3-7-18(23)8-4-17/h3-10,12-15H,11H2,1-2H3/t15-/m0/s1. The number of benzene rings is 2. The van der Waals surface area contributed by atoms with E-state index in [2.05, 4.69) is 15.1 Å². The summed E-state index contributed by atoms with van der Waals surface area (Å²) in [4.78, 5) is 23.0. The molecule has 0 fully saturated rings. The van der Waals surface area contributed by atoms with Crippen LogP contribution in [0.2, 0.25) is 0 Å². The van der Waals surface area contributed by atoms with Gasteiger partial charge in [0.15, 0.2) is 0 Å². The van der Waals surface area contributed by atoms with Crippen LogP contribution in [0.1, 0.15) is 24.2 Å². The molecule has 152 valence electrons. The van der Waals surface area contributed by atoms with E-state index in [1.807, 2.05) is 36.6 Å². The Morgan fingerprint density at radius 1 is 1.17 bits per heavy atom. The smallest absolute Gasteiger partial charge is 0.228 e. The number of hydrogen-bond donors (Lipinski definition) is 0. The monoisotopic (exact) mass is 421 g/mol. The molecule has 0 unspecified atom stereocenters. The van der Waals surface area contributed by atoms with Gasteiger partial charge in [-0.05, 0) is 48.9 Å². The lowest BCUT2D eigenvalue weighted by molar-refractivity contribution is -0.131. The van der Waals surface area contributed by atoms with Gasteiger partial charge in [-0.2, -0.15) is 5.10 Å². The van der Waals surface area contributed by atoms with E-state index in [9.17, 15) is 9.18 Å². The van der Waals surface area contributed by atoms with Crippen molar-refractivity contribution < 1.29 is 9.18 Å². The van der Waals surface area contributed by atoms with Crippen molar-refractivity contribution in [3.63, 3.8) is 0 Å². The van der Waals surface area contributed by atoms with Crippen LogP contribution in [0.3, 0.4) is 0 Å². The van der Waals surface area contributed by atoms with Gasteiger partial charge in [-0.1, -0.05) is 12.1 Å². The van der Waals surface area contributed by atoms with Crippen molar-refractivity contribution in [3.05, 3.63) is 83.6 Å². The van der Waals surface area contributed by atoms with E-state index in [0.29, 0.717) is 5.69 Å². The van der Waals surface area contributed by atoms with Crippen LogP contribution in [-0.4, -0.2) is 37.6 Å². The second-order valence-corrected chi connectivity index (χ2v) is 7.80. The molecule has 0 radical (unpaired) electrons. The van der Waals surface area contributed by atoms with Gasteiger partial charge >= 0.3 is 0 Å². The topological polar surface area (TPSA) is 63.9 Å². The molecule has 8 heteroatoms. The van der Waals surface area contributed by atoms with Crippen LogP contribution >= 0.6 is 11.3 Å². The molecule has 0 aliphatic heterocycles. The molecule has 4 aromatic rings. The molecule has 30 heavy (non-hydrogen) atoms. The normalized spacial score (nSPS) is 12.0. The summed E-state index contributed by atoms with van der Waals surface area (Å²) in [7, 11) is 1.80. The number of thiazole rings is 1. The van der Waals surface area contributed by atoms with Crippen molar-refractivity contribution in [2.75, 3.05) is 7.05 Å². The summed E-state index contributed by atoms with van der Waals surface area (Å²) in [6.07, 6.45) is 3.35. The molecular formula is C22H20FN5OS. The van der Waals surface area contributed by atoms with Gasteiger partial charge in [-0.15, -0.1) is 11.3 Å². The van der Waals surface area contributed by atoms with E-state index in [0.717, 1.165) is 21.8 Å². The molecule has 2 aromatic carbocycles. The Kier molecular flexibility index (Phi) is 5.67. The van der Waals surface area contributed by atoms with Crippen LogP contribution in [0.25, 0.3) is 16.3 Å². The largest absolute Gasteiger partial charge is 0.339 e. The molecule has 2 aromatic heterocycles. The maximum Gasteiger partial charge on any atom is 0.228 e. The zero-order valence-electron chi connectivity index (χ0n) is 16.6. The number of amides is 1. The van der Waals surface area contributed by atoms with Crippen molar-refractivity contribution in [1.29, 1.82) is 0 Å². The second kappa shape index (κ2) is 8.54.